The molecule has 0 aliphatic carbocycles. The molecule has 0 saturated carbocycles. The number of carbonyl (C=O) groups is 1. The standard InChI is InChI=1S/C29H33FN2OS/c1-20(2)28(33)32-24-9-4-21(3)27(18-24)29(14-16-31-17-15-29)19-22-5-10-25(11-6-22)34-26-12-7-23(30)8-13-26/h4-13,18,20,31H,14-17,19H2,1-3H3,(H,32,33). The van der Waals surface area contributed by atoms with Gasteiger partial charge in [-0.1, -0.05) is 43.8 Å². The van der Waals surface area contributed by atoms with Crippen LogP contribution in [-0.2, 0) is 16.6 Å². The Balaban J connectivity index is 1.57. The molecule has 1 amide bonds. The van der Waals surface area contributed by atoms with E-state index < -0.39 is 0 Å². The van der Waals surface area contributed by atoms with E-state index in [4.69, 9.17) is 0 Å². The molecule has 1 aliphatic heterocycles. The molecule has 3 aromatic rings. The molecule has 3 aromatic carbocycles. The summed E-state index contributed by atoms with van der Waals surface area (Å²) in [6.07, 6.45) is 3.07. The Kier molecular flexibility index (Phi) is 7.74. The highest BCUT2D eigenvalue weighted by molar-refractivity contribution is 7.99. The second-order valence-corrected chi connectivity index (χ2v) is 10.7. The molecular weight excluding hydrogens is 443 g/mol. The van der Waals surface area contributed by atoms with Crippen LogP contribution < -0.4 is 10.6 Å². The molecule has 178 valence electrons. The molecule has 0 bridgehead atoms. The van der Waals surface area contributed by atoms with E-state index >= 15 is 0 Å². The highest BCUT2D eigenvalue weighted by atomic mass is 32.2. The van der Waals surface area contributed by atoms with Crippen molar-refractivity contribution in [3.63, 3.8) is 0 Å². The second kappa shape index (κ2) is 10.7. The van der Waals surface area contributed by atoms with Crippen LogP contribution in [0.1, 0.15) is 43.4 Å². The highest BCUT2D eigenvalue weighted by Crippen LogP contribution is 2.40. The number of hydrogen-bond donors (Lipinski definition) is 2. The third-order valence-electron chi connectivity index (χ3n) is 6.68. The molecule has 0 aromatic heterocycles. The zero-order valence-corrected chi connectivity index (χ0v) is 21.0. The first-order valence-corrected chi connectivity index (χ1v) is 12.8. The van der Waals surface area contributed by atoms with E-state index in [-0.39, 0.29) is 23.1 Å². The van der Waals surface area contributed by atoms with Gasteiger partial charge in [0, 0.05) is 26.8 Å². The van der Waals surface area contributed by atoms with Crippen LogP contribution in [0.15, 0.2) is 76.5 Å². The third kappa shape index (κ3) is 5.89. The van der Waals surface area contributed by atoms with Crippen LogP contribution in [0.25, 0.3) is 0 Å². The number of halogens is 1. The van der Waals surface area contributed by atoms with Crippen molar-refractivity contribution in [1.82, 2.24) is 5.32 Å². The van der Waals surface area contributed by atoms with Crippen LogP contribution in [0.2, 0.25) is 0 Å². The zero-order chi connectivity index (χ0) is 24.1. The number of hydrogen-bond acceptors (Lipinski definition) is 3. The van der Waals surface area contributed by atoms with Gasteiger partial charge in [-0.2, -0.15) is 0 Å². The van der Waals surface area contributed by atoms with E-state index in [1.807, 2.05) is 32.0 Å². The summed E-state index contributed by atoms with van der Waals surface area (Å²) < 4.78 is 13.2. The summed E-state index contributed by atoms with van der Waals surface area (Å²) in [6, 6.07) is 21.7. The molecule has 1 heterocycles. The molecule has 4 rings (SSSR count). The number of nitrogens with one attached hydrogen (secondary N) is 2. The van der Waals surface area contributed by atoms with Crippen molar-refractivity contribution in [1.29, 1.82) is 0 Å². The molecule has 34 heavy (non-hydrogen) atoms. The lowest BCUT2D eigenvalue weighted by Gasteiger charge is -2.40. The highest BCUT2D eigenvalue weighted by Gasteiger charge is 2.35. The van der Waals surface area contributed by atoms with Gasteiger partial charge in [-0.3, -0.25) is 4.79 Å². The second-order valence-electron chi connectivity index (χ2n) is 9.58. The Morgan fingerprint density at radius 3 is 2.24 bits per heavy atom. The van der Waals surface area contributed by atoms with Crippen molar-refractivity contribution in [2.24, 2.45) is 5.92 Å². The SMILES string of the molecule is Cc1ccc(NC(=O)C(C)C)cc1C1(Cc2ccc(Sc3ccc(F)cc3)cc2)CCNCC1. The predicted octanol–water partition coefficient (Wildman–Crippen LogP) is 6.74. The Bertz CT molecular complexity index is 1120. The van der Waals surface area contributed by atoms with Crippen molar-refractivity contribution < 1.29 is 9.18 Å². The number of amides is 1. The van der Waals surface area contributed by atoms with Gasteiger partial charge < -0.3 is 10.6 Å². The maximum absolute atomic E-state index is 13.2. The largest absolute Gasteiger partial charge is 0.326 e. The summed E-state index contributed by atoms with van der Waals surface area (Å²) in [6.45, 7) is 7.98. The van der Waals surface area contributed by atoms with Gasteiger partial charge >= 0.3 is 0 Å². The van der Waals surface area contributed by atoms with Gasteiger partial charge in [0.1, 0.15) is 5.82 Å². The van der Waals surface area contributed by atoms with Crippen LogP contribution in [-0.4, -0.2) is 19.0 Å². The molecule has 3 nitrogen and oxygen atoms in total. The van der Waals surface area contributed by atoms with Gasteiger partial charge in [0.15, 0.2) is 0 Å². The summed E-state index contributed by atoms with van der Waals surface area (Å²) >= 11 is 1.64. The maximum Gasteiger partial charge on any atom is 0.226 e. The monoisotopic (exact) mass is 476 g/mol. The number of benzene rings is 3. The zero-order valence-electron chi connectivity index (χ0n) is 20.2. The molecular formula is C29H33FN2OS. The van der Waals surface area contributed by atoms with Crippen molar-refractivity contribution in [2.75, 3.05) is 18.4 Å². The van der Waals surface area contributed by atoms with Crippen LogP contribution in [0.4, 0.5) is 10.1 Å². The molecule has 2 N–H and O–H groups in total. The molecule has 0 unspecified atom stereocenters. The number of piperidine rings is 1. The molecule has 1 aliphatic rings. The van der Waals surface area contributed by atoms with Gasteiger partial charge in [0.2, 0.25) is 5.91 Å². The number of aryl methyl sites for hydroxylation is 1. The third-order valence-corrected chi connectivity index (χ3v) is 7.69. The van der Waals surface area contributed by atoms with E-state index in [1.54, 1.807) is 11.8 Å². The molecule has 5 heteroatoms. The smallest absolute Gasteiger partial charge is 0.226 e. The van der Waals surface area contributed by atoms with E-state index in [9.17, 15) is 9.18 Å². The fourth-order valence-corrected chi connectivity index (χ4v) is 5.53. The molecule has 1 fully saturated rings. The molecule has 0 spiro atoms. The maximum atomic E-state index is 13.2. The minimum Gasteiger partial charge on any atom is -0.326 e. The summed E-state index contributed by atoms with van der Waals surface area (Å²) in [5, 5.41) is 6.60. The van der Waals surface area contributed by atoms with Crippen LogP contribution in [0, 0.1) is 18.7 Å². The topological polar surface area (TPSA) is 41.1 Å². The first-order valence-electron chi connectivity index (χ1n) is 12.0. The van der Waals surface area contributed by atoms with E-state index in [1.165, 1.54) is 28.8 Å². The first kappa shape index (κ1) is 24.5. The van der Waals surface area contributed by atoms with Crippen LogP contribution >= 0.6 is 11.8 Å². The predicted molar refractivity (Wildman–Crippen MR) is 139 cm³/mol. The number of anilines is 1. The lowest BCUT2D eigenvalue weighted by Crippen LogP contribution is -2.42. The van der Waals surface area contributed by atoms with Gasteiger partial charge in [0.05, 0.1) is 0 Å². The summed E-state index contributed by atoms with van der Waals surface area (Å²) in [5.74, 6) is -0.220. The summed E-state index contributed by atoms with van der Waals surface area (Å²) in [7, 11) is 0. The van der Waals surface area contributed by atoms with E-state index in [0.29, 0.717) is 0 Å². The lowest BCUT2D eigenvalue weighted by atomic mass is 9.68. The minimum absolute atomic E-state index is 0.0273. The van der Waals surface area contributed by atoms with Gasteiger partial charge in [-0.05, 0) is 104 Å². The van der Waals surface area contributed by atoms with Gasteiger partial charge in [-0.25, -0.2) is 4.39 Å². The average Bonchev–Trinajstić information content (AvgIpc) is 2.83. The fraction of sp³-hybridized carbons (Fsp3) is 0.345. The van der Waals surface area contributed by atoms with E-state index in [0.717, 1.165) is 47.8 Å². The Hall–Kier alpha value is -2.63. The molecule has 0 radical (unpaired) electrons. The normalized spacial score (nSPS) is 15.3. The average molecular weight is 477 g/mol. The quantitative estimate of drug-likeness (QED) is 0.397. The van der Waals surface area contributed by atoms with Crippen molar-refractivity contribution in [3.05, 3.63) is 89.2 Å². The summed E-state index contributed by atoms with van der Waals surface area (Å²) in [5.41, 5.74) is 4.82. The number of rotatable bonds is 7. The van der Waals surface area contributed by atoms with Crippen LogP contribution in [0.5, 0.6) is 0 Å². The lowest BCUT2D eigenvalue weighted by molar-refractivity contribution is -0.118. The van der Waals surface area contributed by atoms with Gasteiger partial charge in [0.25, 0.3) is 0 Å². The Morgan fingerprint density at radius 1 is 1.00 bits per heavy atom. The molecule has 0 atom stereocenters. The van der Waals surface area contributed by atoms with E-state index in [2.05, 4.69) is 54.0 Å². The Labute approximate surface area is 206 Å². The number of carbonyl (C=O) groups excluding carboxylic acids is 1. The fourth-order valence-electron chi connectivity index (χ4n) is 4.71. The Morgan fingerprint density at radius 2 is 1.62 bits per heavy atom. The van der Waals surface area contributed by atoms with Gasteiger partial charge in [-0.15, -0.1) is 0 Å². The molecule has 1 saturated heterocycles. The minimum atomic E-state index is -0.213. The van der Waals surface area contributed by atoms with Crippen molar-refractivity contribution >= 4 is 23.4 Å². The summed E-state index contributed by atoms with van der Waals surface area (Å²) in [4.78, 5) is 14.5. The van der Waals surface area contributed by atoms with Crippen LogP contribution in [0.3, 0.4) is 0 Å². The first-order chi connectivity index (χ1) is 16.3. The van der Waals surface area contributed by atoms with Crippen molar-refractivity contribution in [3.8, 4) is 0 Å². The van der Waals surface area contributed by atoms with Crippen molar-refractivity contribution in [2.45, 2.75) is 55.2 Å².